The molecule has 0 aliphatic rings. The van der Waals surface area contributed by atoms with Crippen LogP contribution in [-0.4, -0.2) is 43.0 Å². The monoisotopic (exact) mass is 453 g/mol. The third-order valence-corrected chi connectivity index (χ3v) is 3.71. The third kappa shape index (κ3) is 9.75. The largest absolute Gasteiger partial charge is 0.357 e. The standard InChI is InChI=1S/C15H27N5OS.HI/c1-5-16-15(19-9-8-17-14(21)11(2)3)18-7-6-13-10-22-12(4)20-13;/h10-11H,5-9H2,1-4H3,(H,17,21)(H2,16,18,19);1H. The Kier molecular flexibility index (Phi) is 12.0. The number of hydrogen-bond donors (Lipinski definition) is 3. The van der Waals surface area contributed by atoms with Crippen molar-refractivity contribution in [2.45, 2.75) is 34.1 Å². The Balaban J connectivity index is 0.00000484. The minimum absolute atomic E-state index is 0. The van der Waals surface area contributed by atoms with Gasteiger partial charge in [0, 0.05) is 43.9 Å². The molecule has 23 heavy (non-hydrogen) atoms. The van der Waals surface area contributed by atoms with Crippen molar-refractivity contribution in [2.24, 2.45) is 10.9 Å². The predicted molar refractivity (Wildman–Crippen MR) is 108 cm³/mol. The first-order chi connectivity index (χ1) is 10.5. The van der Waals surface area contributed by atoms with Gasteiger partial charge in [0.1, 0.15) is 0 Å². The quantitative estimate of drug-likeness (QED) is 0.243. The molecule has 0 unspecified atom stereocenters. The number of aromatic nitrogens is 1. The van der Waals surface area contributed by atoms with Gasteiger partial charge in [0.15, 0.2) is 5.96 Å². The third-order valence-electron chi connectivity index (χ3n) is 2.89. The number of guanidine groups is 1. The van der Waals surface area contributed by atoms with Gasteiger partial charge in [0.2, 0.25) is 5.91 Å². The summed E-state index contributed by atoms with van der Waals surface area (Å²) in [6, 6.07) is 0. The highest BCUT2D eigenvalue weighted by atomic mass is 127. The van der Waals surface area contributed by atoms with E-state index in [1.54, 1.807) is 11.3 Å². The highest BCUT2D eigenvalue weighted by molar-refractivity contribution is 14.0. The second kappa shape index (κ2) is 12.5. The lowest BCUT2D eigenvalue weighted by Crippen LogP contribution is -2.42. The summed E-state index contributed by atoms with van der Waals surface area (Å²) in [6.07, 6.45) is 0.838. The van der Waals surface area contributed by atoms with Crippen molar-refractivity contribution in [3.63, 3.8) is 0 Å². The van der Waals surface area contributed by atoms with Gasteiger partial charge in [-0.2, -0.15) is 0 Å². The van der Waals surface area contributed by atoms with E-state index in [-0.39, 0.29) is 35.8 Å². The number of rotatable bonds is 8. The number of aliphatic imine (C=N–C) groups is 1. The topological polar surface area (TPSA) is 78.4 Å². The fourth-order valence-electron chi connectivity index (χ4n) is 1.72. The van der Waals surface area contributed by atoms with Gasteiger partial charge in [-0.1, -0.05) is 13.8 Å². The number of hydrogen-bond acceptors (Lipinski definition) is 4. The molecule has 0 saturated heterocycles. The lowest BCUT2D eigenvalue weighted by atomic mass is 10.2. The summed E-state index contributed by atoms with van der Waals surface area (Å²) < 4.78 is 0. The molecule has 0 fully saturated rings. The summed E-state index contributed by atoms with van der Waals surface area (Å²) in [6.45, 7) is 10.5. The van der Waals surface area contributed by atoms with Gasteiger partial charge in [-0.25, -0.2) is 4.98 Å². The maximum atomic E-state index is 11.5. The fraction of sp³-hybridized carbons (Fsp3) is 0.667. The summed E-state index contributed by atoms with van der Waals surface area (Å²) in [5.41, 5.74) is 1.09. The van der Waals surface area contributed by atoms with Crippen molar-refractivity contribution in [1.82, 2.24) is 20.9 Å². The molecule has 8 heteroatoms. The first kappa shape index (κ1) is 22.1. The lowest BCUT2D eigenvalue weighted by molar-refractivity contribution is -0.123. The Hall–Kier alpha value is -0.900. The number of carbonyl (C=O) groups excluding carboxylic acids is 1. The van der Waals surface area contributed by atoms with Crippen molar-refractivity contribution >= 4 is 47.2 Å². The van der Waals surface area contributed by atoms with Gasteiger partial charge < -0.3 is 16.0 Å². The van der Waals surface area contributed by atoms with E-state index in [4.69, 9.17) is 0 Å². The van der Waals surface area contributed by atoms with Crippen LogP contribution >= 0.6 is 35.3 Å². The Bertz CT molecular complexity index is 490. The SMILES string of the molecule is CCNC(=NCCc1csc(C)n1)NCCNC(=O)C(C)C.I. The van der Waals surface area contributed by atoms with Crippen LogP contribution in [0.15, 0.2) is 10.4 Å². The molecular weight excluding hydrogens is 425 g/mol. The maximum absolute atomic E-state index is 11.5. The minimum atomic E-state index is 0. The zero-order chi connectivity index (χ0) is 16.4. The molecule has 0 bridgehead atoms. The number of aryl methyl sites for hydroxylation is 1. The van der Waals surface area contributed by atoms with Crippen LogP contribution < -0.4 is 16.0 Å². The average molecular weight is 453 g/mol. The number of thiazole rings is 1. The zero-order valence-corrected chi connectivity index (χ0v) is 17.5. The molecular formula is C15H28IN5OS. The smallest absolute Gasteiger partial charge is 0.222 e. The van der Waals surface area contributed by atoms with Crippen LogP contribution in [-0.2, 0) is 11.2 Å². The van der Waals surface area contributed by atoms with Gasteiger partial charge in [-0.15, -0.1) is 35.3 Å². The molecule has 0 spiro atoms. The molecule has 0 aromatic carbocycles. The van der Waals surface area contributed by atoms with E-state index in [0.29, 0.717) is 19.6 Å². The first-order valence-corrected chi connectivity index (χ1v) is 8.61. The summed E-state index contributed by atoms with van der Waals surface area (Å²) in [5.74, 6) is 0.861. The molecule has 6 nitrogen and oxygen atoms in total. The predicted octanol–water partition coefficient (Wildman–Crippen LogP) is 1.94. The van der Waals surface area contributed by atoms with E-state index in [1.807, 2.05) is 27.7 Å². The van der Waals surface area contributed by atoms with Gasteiger partial charge in [-0.3, -0.25) is 9.79 Å². The molecule has 0 radical (unpaired) electrons. The molecule has 0 saturated carbocycles. The molecule has 0 aliphatic heterocycles. The summed E-state index contributed by atoms with van der Waals surface area (Å²) in [4.78, 5) is 20.4. The molecule has 132 valence electrons. The molecule has 0 atom stereocenters. The molecule has 0 aliphatic carbocycles. The van der Waals surface area contributed by atoms with Crippen LogP contribution in [0.4, 0.5) is 0 Å². The van der Waals surface area contributed by atoms with E-state index in [0.717, 1.165) is 29.6 Å². The average Bonchev–Trinajstić information content (AvgIpc) is 2.88. The Morgan fingerprint density at radius 3 is 2.57 bits per heavy atom. The molecule has 1 aromatic rings. The maximum Gasteiger partial charge on any atom is 0.222 e. The first-order valence-electron chi connectivity index (χ1n) is 7.73. The van der Waals surface area contributed by atoms with E-state index >= 15 is 0 Å². The molecule has 1 heterocycles. The second-order valence-corrected chi connectivity index (χ2v) is 6.30. The number of carbonyl (C=O) groups is 1. The lowest BCUT2D eigenvalue weighted by Gasteiger charge is -2.12. The van der Waals surface area contributed by atoms with Gasteiger partial charge in [0.05, 0.1) is 10.7 Å². The number of amides is 1. The second-order valence-electron chi connectivity index (χ2n) is 5.24. The normalized spacial score (nSPS) is 11.1. The van der Waals surface area contributed by atoms with E-state index in [9.17, 15) is 4.79 Å². The van der Waals surface area contributed by atoms with Crippen molar-refractivity contribution in [1.29, 1.82) is 0 Å². The van der Waals surface area contributed by atoms with Crippen molar-refractivity contribution < 1.29 is 4.79 Å². The number of nitrogens with one attached hydrogen (secondary N) is 3. The van der Waals surface area contributed by atoms with E-state index in [1.165, 1.54) is 0 Å². The zero-order valence-electron chi connectivity index (χ0n) is 14.3. The Morgan fingerprint density at radius 2 is 2.00 bits per heavy atom. The summed E-state index contributed by atoms with van der Waals surface area (Å²) >= 11 is 1.66. The van der Waals surface area contributed by atoms with Crippen molar-refractivity contribution in [3.8, 4) is 0 Å². The highest BCUT2D eigenvalue weighted by Gasteiger charge is 2.05. The fourth-order valence-corrected chi connectivity index (χ4v) is 2.36. The molecule has 3 N–H and O–H groups in total. The Morgan fingerprint density at radius 1 is 1.30 bits per heavy atom. The van der Waals surface area contributed by atoms with Crippen molar-refractivity contribution in [2.75, 3.05) is 26.2 Å². The van der Waals surface area contributed by atoms with E-state index < -0.39 is 0 Å². The van der Waals surface area contributed by atoms with Crippen LogP contribution in [0.3, 0.4) is 0 Å². The minimum Gasteiger partial charge on any atom is -0.357 e. The van der Waals surface area contributed by atoms with Gasteiger partial charge in [0.25, 0.3) is 0 Å². The van der Waals surface area contributed by atoms with Crippen LogP contribution in [0.5, 0.6) is 0 Å². The molecule has 1 amide bonds. The molecule has 1 aromatic heterocycles. The van der Waals surface area contributed by atoms with Gasteiger partial charge >= 0.3 is 0 Å². The number of nitrogens with zero attached hydrogens (tertiary/aromatic N) is 2. The van der Waals surface area contributed by atoms with Crippen LogP contribution in [0, 0.1) is 12.8 Å². The highest BCUT2D eigenvalue weighted by Crippen LogP contribution is 2.08. The van der Waals surface area contributed by atoms with Gasteiger partial charge in [-0.05, 0) is 13.8 Å². The Labute approximate surface area is 160 Å². The van der Waals surface area contributed by atoms with Crippen LogP contribution in [0.2, 0.25) is 0 Å². The number of halogens is 1. The summed E-state index contributed by atoms with van der Waals surface area (Å²) in [5, 5.41) is 12.4. The molecule has 1 rings (SSSR count). The van der Waals surface area contributed by atoms with Crippen molar-refractivity contribution in [3.05, 3.63) is 16.1 Å². The van der Waals surface area contributed by atoms with Crippen LogP contribution in [0.25, 0.3) is 0 Å². The van der Waals surface area contributed by atoms with E-state index in [2.05, 4.69) is 31.3 Å². The van der Waals surface area contributed by atoms with Crippen LogP contribution in [0.1, 0.15) is 31.5 Å². The summed E-state index contributed by atoms with van der Waals surface area (Å²) in [7, 11) is 0.